The first kappa shape index (κ1) is 11.3. The predicted molar refractivity (Wildman–Crippen MR) is 69.2 cm³/mol. The number of pyridine rings is 1. The number of methoxy groups -OCH3 is 1. The molecule has 96 valence electrons. The number of aromatic nitrogens is 3. The van der Waals surface area contributed by atoms with E-state index in [-0.39, 0.29) is 11.5 Å². The molecule has 0 unspecified atom stereocenters. The third-order valence-electron chi connectivity index (χ3n) is 2.71. The molecule has 0 saturated carbocycles. The number of rotatable bonds is 2. The first-order chi connectivity index (χ1) is 9.15. The van der Waals surface area contributed by atoms with Crippen molar-refractivity contribution in [3.05, 3.63) is 30.3 Å². The van der Waals surface area contributed by atoms with Gasteiger partial charge in [0.15, 0.2) is 5.65 Å². The lowest BCUT2D eigenvalue weighted by atomic mass is 10.2. The van der Waals surface area contributed by atoms with Gasteiger partial charge in [-0.05, 0) is 18.2 Å². The molecule has 6 heteroatoms. The Hall–Kier alpha value is -2.76. The Morgan fingerprint density at radius 2 is 1.79 bits per heavy atom. The Morgan fingerprint density at radius 3 is 2.47 bits per heavy atom. The van der Waals surface area contributed by atoms with Gasteiger partial charge < -0.3 is 19.9 Å². The minimum absolute atomic E-state index is 0.0269. The van der Waals surface area contributed by atoms with Gasteiger partial charge in [0, 0.05) is 17.7 Å². The van der Waals surface area contributed by atoms with Crippen LogP contribution in [-0.4, -0.2) is 32.3 Å². The zero-order valence-corrected chi connectivity index (χ0v) is 10.1. The summed E-state index contributed by atoms with van der Waals surface area (Å²) in [5, 5.41) is 18.9. The second-order valence-electron chi connectivity index (χ2n) is 4.05. The summed E-state index contributed by atoms with van der Waals surface area (Å²) in [4.78, 5) is 11.6. The minimum Gasteiger partial charge on any atom is -0.508 e. The molecule has 0 amide bonds. The minimum atomic E-state index is -0.0269. The Balaban J connectivity index is 2.14. The van der Waals surface area contributed by atoms with E-state index in [1.807, 2.05) is 0 Å². The molecule has 0 aliphatic carbocycles. The van der Waals surface area contributed by atoms with Gasteiger partial charge in [0.2, 0.25) is 5.88 Å². The van der Waals surface area contributed by atoms with E-state index < -0.39 is 0 Å². The molecule has 2 heterocycles. The number of ether oxygens (including phenoxy) is 1. The average Bonchev–Trinajstić information content (AvgIpc) is 2.80. The molecule has 0 spiro atoms. The van der Waals surface area contributed by atoms with Crippen LogP contribution < -0.4 is 4.74 Å². The molecule has 0 fully saturated rings. The number of nitrogens with zero attached hydrogens (tertiary/aromatic N) is 2. The highest BCUT2D eigenvalue weighted by Crippen LogP contribution is 2.28. The van der Waals surface area contributed by atoms with Gasteiger partial charge in [-0.2, -0.15) is 4.98 Å². The maximum absolute atomic E-state index is 9.47. The van der Waals surface area contributed by atoms with Gasteiger partial charge in [-0.3, -0.25) is 0 Å². The second kappa shape index (κ2) is 4.16. The number of nitrogens with one attached hydrogen (secondary N) is 1. The number of hydrogen-bond donors (Lipinski definition) is 3. The van der Waals surface area contributed by atoms with Crippen molar-refractivity contribution in [3.8, 4) is 28.8 Å². The van der Waals surface area contributed by atoms with Crippen LogP contribution in [-0.2, 0) is 0 Å². The van der Waals surface area contributed by atoms with E-state index in [1.165, 1.54) is 25.3 Å². The average molecular weight is 257 g/mol. The van der Waals surface area contributed by atoms with Crippen LogP contribution in [0.5, 0.6) is 17.4 Å². The predicted octanol–water partition coefficient (Wildman–Crippen LogP) is 2.04. The molecule has 0 aliphatic rings. The molecule has 2 aromatic heterocycles. The quantitative estimate of drug-likeness (QED) is 0.653. The number of benzene rings is 1. The van der Waals surface area contributed by atoms with Crippen LogP contribution in [0.1, 0.15) is 0 Å². The van der Waals surface area contributed by atoms with Crippen molar-refractivity contribution < 1.29 is 14.9 Å². The fourth-order valence-electron chi connectivity index (χ4n) is 1.86. The molecule has 0 radical (unpaired) electrons. The monoisotopic (exact) mass is 257 g/mol. The highest BCUT2D eigenvalue weighted by molar-refractivity contribution is 5.77. The molecular weight excluding hydrogens is 246 g/mol. The zero-order valence-electron chi connectivity index (χ0n) is 10.1. The molecular formula is C13H11N3O3. The molecule has 0 bridgehead atoms. The Labute approximate surface area is 108 Å². The zero-order chi connectivity index (χ0) is 13.4. The van der Waals surface area contributed by atoms with Crippen LogP contribution in [0, 0.1) is 0 Å². The molecule has 3 N–H and O–H groups in total. The van der Waals surface area contributed by atoms with Crippen LogP contribution in [0.25, 0.3) is 22.6 Å². The number of H-pyrrole nitrogens is 1. The summed E-state index contributed by atoms with van der Waals surface area (Å²) in [6.45, 7) is 0. The largest absolute Gasteiger partial charge is 0.508 e. The molecule has 1 aromatic carbocycles. The maximum atomic E-state index is 9.47. The van der Waals surface area contributed by atoms with Gasteiger partial charge >= 0.3 is 0 Å². The first-order valence-electron chi connectivity index (χ1n) is 5.60. The number of fused-ring (bicyclic) bond motifs is 1. The van der Waals surface area contributed by atoms with E-state index in [9.17, 15) is 10.2 Å². The number of hydrogen-bond acceptors (Lipinski definition) is 5. The standard InChI is InChI=1S/C13H11N3O3/c1-19-11-3-2-10-13(15-11)16-12(14-10)7-4-8(17)6-9(18)5-7/h2-6,17-18H,1H3,(H,14,15,16). The summed E-state index contributed by atoms with van der Waals surface area (Å²) < 4.78 is 5.03. The lowest BCUT2D eigenvalue weighted by Gasteiger charge is -1.99. The van der Waals surface area contributed by atoms with Crippen molar-refractivity contribution in [1.82, 2.24) is 15.0 Å². The molecule has 3 aromatic rings. The smallest absolute Gasteiger partial charge is 0.215 e. The topological polar surface area (TPSA) is 91.3 Å². The molecule has 0 saturated heterocycles. The van der Waals surface area contributed by atoms with Gasteiger partial charge in [0.05, 0.1) is 12.6 Å². The molecule has 0 atom stereocenters. The Kier molecular flexibility index (Phi) is 2.49. The van der Waals surface area contributed by atoms with E-state index in [4.69, 9.17) is 4.74 Å². The summed E-state index contributed by atoms with van der Waals surface area (Å²) in [6.07, 6.45) is 0. The highest BCUT2D eigenvalue weighted by atomic mass is 16.5. The Morgan fingerprint density at radius 1 is 1.05 bits per heavy atom. The number of aromatic hydroxyl groups is 2. The van der Waals surface area contributed by atoms with E-state index in [2.05, 4.69) is 15.0 Å². The Bertz CT molecular complexity index is 732. The summed E-state index contributed by atoms with van der Waals surface area (Å²) in [5.41, 5.74) is 1.84. The third-order valence-corrected chi connectivity index (χ3v) is 2.71. The highest BCUT2D eigenvalue weighted by Gasteiger charge is 2.09. The van der Waals surface area contributed by atoms with Crippen LogP contribution in [0.15, 0.2) is 30.3 Å². The number of phenols is 2. The number of imidazole rings is 1. The van der Waals surface area contributed by atoms with Crippen LogP contribution >= 0.6 is 0 Å². The fraction of sp³-hybridized carbons (Fsp3) is 0.0769. The second-order valence-corrected chi connectivity index (χ2v) is 4.05. The lowest BCUT2D eigenvalue weighted by molar-refractivity contribution is 0.399. The maximum Gasteiger partial charge on any atom is 0.215 e. The van der Waals surface area contributed by atoms with Crippen molar-refractivity contribution in [2.45, 2.75) is 0 Å². The van der Waals surface area contributed by atoms with E-state index in [0.717, 1.165) is 5.52 Å². The van der Waals surface area contributed by atoms with E-state index >= 15 is 0 Å². The fourth-order valence-corrected chi connectivity index (χ4v) is 1.86. The molecule has 0 aliphatic heterocycles. The van der Waals surface area contributed by atoms with Gasteiger partial charge in [0.1, 0.15) is 17.3 Å². The van der Waals surface area contributed by atoms with Crippen molar-refractivity contribution in [3.63, 3.8) is 0 Å². The van der Waals surface area contributed by atoms with Crippen molar-refractivity contribution in [2.24, 2.45) is 0 Å². The van der Waals surface area contributed by atoms with E-state index in [0.29, 0.717) is 22.9 Å². The van der Waals surface area contributed by atoms with Gasteiger partial charge in [-0.15, -0.1) is 0 Å². The SMILES string of the molecule is COc1ccc2[nH]c(-c3cc(O)cc(O)c3)nc2n1. The molecule has 3 rings (SSSR count). The molecule has 6 nitrogen and oxygen atoms in total. The van der Waals surface area contributed by atoms with Crippen LogP contribution in [0.2, 0.25) is 0 Å². The number of phenolic OH excluding ortho intramolecular Hbond substituents is 2. The van der Waals surface area contributed by atoms with Crippen LogP contribution in [0.4, 0.5) is 0 Å². The van der Waals surface area contributed by atoms with Crippen molar-refractivity contribution >= 4 is 11.2 Å². The van der Waals surface area contributed by atoms with Crippen molar-refractivity contribution in [2.75, 3.05) is 7.11 Å². The third kappa shape index (κ3) is 2.03. The van der Waals surface area contributed by atoms with Crippen molar-refractivity contribution in [1.29, 1.82) is 0 Å². The summed E-state index contributed by atoms with van der Waals surface area (Å²) in [5.74, 6) is 0.938. The van der Waals surface area contributed by atoms with Gasteiger partial charge in [-0.1, -0.05) is 0 Å². The normalized spacial score (nSPS) is 10.8. The number of aromatic amines is 1. The summed E-state index contributed by atoms with van der Waals surface area (Å²) >= 11 is 0. The van der Waals surface area contributed by atoms with Crippen LogP contribution in [0.3, 0.4) is 0 Å². The van der Waals surface area contributed by atoms with E-state index in [1.54, 1.807) is 12.1 Å². The molecule has 19 heavy (non-hydrogen) atoms. The summed E-state index contributed by atoms with van der Waals surface area (Å²) in [7, 11) is 1.54. The first-order valence-corrected chi connectivity index (χ1v) is 5.60. The summed E-state index contributed by atoms with van der Waals surface area (Å²) in [6, 6.07) is 7.81. The van der Waals surface area contributed by atoms with Gasteiger partial charge in [-0.25, -0.2) is 4.98 Å². The lowest BCUT2D eigenvalue weighted by Crippen LogP contribution is -1.86. The van der Waals surface area contributed by atoms with Gasteiger partial charge in [0.25, 0.3) is 0 Å².